The molecule has 2 aliphatic heterocycles. The summed E-state index contributed by atoms with van der Waals surface area (Å²) in [6.07, 6.45) is 0.0852. The first-order valence-corrected chi connectivity index (χ1v) is 15.7. The maximum Gasteiger partial charge on any atom is 0.416 e. The van der Waals surface area contributed by atoms with Gasteiger partial charge < -0.3 is 14.7 Å². The van der Waals surface area contributed by atoms with Crippen molar-refractivity contribution in [2.75, 3.05) is 24.6 Å². The Balaban J connectivity index is 1.51. The van der Waals surface area contributed by atoms with Crippen molar-refractivity contribution in [2.45, 2.75) is 75.6 Å². The number of pyridine rings is 1. The molecule has 1 N–H and O–H groups in total. The number of hydrogen-bond donors (Lipinski definition) is 1. The molecule has 0 radical (unpaired) electrons. The summed E-state index contributed by atoms with van der Waals surface area (Å²) in [6, 6.07) is 5.43. The third-order valence-electron chi connectivity index (χ3n) is 8.50. The molecule has 2 aromatic heterocycles. The van der Waals surface area contributed by atoms with Gasteiger partial charge in [0.25, 0.3) is 0 Å². The first-order chi connectivity index (χ1) is 18.7. The molecule has 1 aliphatic carbocycles. The van der Waals surface area contributed by atoms with Crippen molar-refractivity contribution in [1.82, 2.24) is 9.29 Å². The van der Waals surface area contributed by atoms with Crippen LogP contribution in [-0.2, 0) is 22.8 Å². The van der Waals surface area contributed by atoms with E-state index in [1.54, 1.807) is 43.4 Å². The van der Waals surface area contributed by atoms with Gasteiger partial charge in [-0.05, 0) is 70.7 Å². The lowest BCUT2D eigenvalue weighted by atomic mass is 9.75. The summed E-state index contributed by atoms with van der Waals surface area (Å²) in [5, 5.41) is 9.71. The highest BCUT2D eigenvalue weighted by atomic mass is 32.2. The van der Waals surface area contributed by atoms with Crippen LogP contribution in [0, 0.1) is 0 Å². The molecule has 12 heteroatoms. The van der Waals surface area contributed by atoms with E-state index in [1.807, 2.05) is 0 Å². The van der Waals surface area contributed by atoms with Gasteiger partial charge in [-0.1, -0.05) is 0 Å². The van der Waals surface area contributed by atoms with Crippen molar-refractivity contribution < 1.29 is 31.4 Å². The Hall–Kier alpha value is -2.41. The molecule has 3 aromatic rings. The van der Waals surface area contributed by atoms with Crippen LogP contribution in [0.1, 0.15) is 56.9 Å². The molecule has 0 unspecified atom stereocenters. The second-order valence-electron chi connectivity index (χ2n) is 11.9. The van der Waals surface area contributed by atoms with Crippen LogP contribution in [0.25, 0.3) is 21.3 Å². The average Bonchev–Trinajstić information content (AvgIpc) is 3.49. The summed E-state index contributed by atoms with van der Waals surface area (Å²) >= 11 is 1.29. The third kappa shape index (κ3) is 4.29. The molecule has 7 nitrogen and oxygen atoms in total. The zero-order valence-corrected chi connectivity index (χ0v) is 24.2. The Morgan fingerprint density at radius 3 is 2.55 bits per heavy atom. The van der Waals surface area contributed by atoms with E-state index >= 15 is 0 Å². The van der Waals surface area contributed by atoms with Gasteiger partial charge >= 0.3 is 6.18 Å². The molecule has 0 bridgehead atoms. The first kappa shape index (κ1) is 27.7. The maximum atomic E-state index is 14.1. The Morgan fingerprint density at radius 2 is 1.93 bits per heavy atom. The van der Waals surface area contributed by atoms with Crippen LogP contribution in [0.5, 0.6) is 5.75 Å². The number of aromatic nitrogens is 1. The molecule has 1 saturated heterocycles. The minimum Gasteiger partial charge on any atom is -0.490 e. The van der Waals surface area contributed by atoms with Gasteiger partial charge in [0, 0.05) is 40.3 Å². The molecular weight excluding hydrogens is 563 g/mol. The smallest absolute Gasteiger partial charge is 0.416 e. The number of halogens is 3. The van der Waals surface area contributed by atoms with Crippen molar-refractivity contribution in [3.8, 4) is 16.9 Å². The van der Waals surface area contributed by atoms with Crippen LogP contribution in [-0.4, -0.2) is 58.8 Å². The standard InChI is InChI=1S/C28H32F3N3O4S2/c1-26(2,3)40(36,37)34-15-18(14-27(34)6-4-7-27)33-9-10-38-23-12-17(28(29,30)31)11-21(24(23)33)20-5-8-32-22-13-19(16-35)39-25(20)22/h5,8,11-13,18,35H,4,6-7,9-10,14-16H2,1-3H3/t18-/m0/s1. The molecule has 2 fully saturated rings. The van der Waals surface area contributed by atoms with E-state index in [0.29, 0.717) is 44.9 Å². The molecule has 4 heterocycles. The minimum atomic E-state index is -4.59. The number of alkyl halides is 3. The number of nitrogens with zero attached hydrogens (tertiary/aromatic N) is 3. The predicted molar refractivity (Wildman–Crippen MR) is 149 cm³/mol. The van der Waals surface area contributed by atoms with Crippen LogP contribution >= 0.6 is 11.3 Å². The van der Waals surface area contributed by atoms with Crippen molar-refractivity contribution in [2.24, 2.45) is 0 Å². The van der Waals surface area contributed by atoms with Gasteiger partial charge in [-0.15, -0.1) is 11.3 Å². The number of hydrogen-bond acceptors (Lipinski definition) is 7. The topological polar surface area (TPSA) is 83.0 Å². The van der Waals surface area contributed by atoms with Crippen molar-refractivity contribution >= 4 is 37.3 Å². The Kier molecular flexibility index (Phi) is 6.45. The number of aliphatic hydroxyl groups excluding tert-OH is 1. The summed E-state index contributed by atoms with van der Waals surface area (Å²) in [7, 11) is -3.61. The molecule has 216 valence electrons. The quantitative estimate of drug-likeness (QED) is 0.411. The molecule has 0 amide bonds. The van der Waals surface area contributed by atoms with Gasteiger partial charge in [0.05, 0.1) is 39.4 Å². The predicted octanol–water partition coefficient (Wildman–Crippen LogP) is 5.80. The maximum absolute atomic E-state index is 14.1. The number of rotatable bonds is 4. The van der Waals surface area contributed by atoms with Crippen LogP contribution in [0.3, 0.4) is 0 Å². The number of fused-ring (bicyclic) bond motifs is 2. The molecule has 1 atom stereocenters. The van der Waals surface area contributed by atoms with E-state index in [-0.39, 0.29) is 31.5 Å². The minimum absolute atomic E-state index is 0.139. The van der Waals surface area contributed by atoms with Crippen LogP contribution in [0.2, 0.25) is 0 Å². The average molecular weight is 596 g/mol. The van der Waals surface area contributed by atoms with Crippen LogP contribution in [0.15, 0.2) is 30.5 Å². The SMILES string of the molecule is CC(C)(C)S(=O)(=O)N1C[C@@H](N2CCOc3cc(C(F)(F)F)cc(-c4ccnc5cc(CO)sc45)c32)CC12CCC2. The summed E-state index contributed by atoms with van der Waals surface area (Å²) in [6.45, 7) is 5.83. The zero-order chi connectivity index (χ0) is 28.7. The fourth-order valence-electron chi connectivity index (χ4n) is 6.31. The lowest BCUT2D eigenvalue weighted by Gasteiger charge is -2.46. The second-order valence-corrected chi connectivity index (χ2v) is 15.7. The molecule has 1 aromatic carbocycles. The Morgan fingerprint density at radius 1 is 1.18 bits per heavy atom. The molecule has 1 spiro atoms. The van der Waals surface area contributed by atoms with Crippen molar-refractivity contribution in [3.05, 3.63) is 40.9 Å². The fraction of sp³-hybridized carbons (Fsp3) is 0.536. The highest BCUT2D eigenvalue weighted by Crippen LogP contribution is 2.53. The number of anilines is 1. The first-order valence-electron chi connectivity index (χ1n) is 13.4. The van der Waals surface area contributed by atoms with E-state index < -0.39 is 32.0 Å². The van der Waals surface area contributed by atoms with Crippen molar-refractivity contribution in [1.29, 1.82) is 0 Å². The summed E-state index contributed by atoms with van der Waals surface area (Å²) < 4.78 is 76.9. The third-order valence-corrected chi connectivity index (χ3v) is 12.3. The number of thiophene rings is 1. The van der Waals surface area contributed by atoms with E-state index in [0.717, 1.165) is 31.4 Å². The van der Waals surface area contributed by atoms with Gasteiger partial charge in [-0.25, -0.2) is 8.42 Å². The number of sulfonamides is 1. The molecule has 1 saturated carbocycles. The number of ether oxygens (including phenoxy) is 1. The highest BCUT2D eigenvalue weighted by Gasteiger charge is 2.57. The van der Waals surface area contributed by atoms with E-state index in [1.165, 1.54) is 11.3 Å². The molecular formula is C28H32F3N3O4S2. The van der Waals surface area contributed by atoms with E-state index in [4.69, 9.17) is 4.74 Å². The van der Waals surface area contributed by atoms with Crippen molar-refractivity contribution in [3.63, 3.8) is 0 Å². The molecule has 6 rings (SSSR count). The van der Waals surface area contributed by atoms with Gasteiger partial charge in [-0.3, -0.25) is 4.98 Å². The van der Waals surface area contributed by atoms with Gasteiger partial charge in [-0.2, -0.15) is 17.5 Å². The molecule has 40 heavy (non-hydrogen) atoms. The molecule has 3 aliphatic rings. The van der Waals surface area contributed by atoms with Gasteiger partial charge in [0.15, 0.2) is 0 Å². The Bertz CT molecular complexity index is 1580. The zero-order valence-electron chi connectivity index (χ0n) is 22.6. The monoisotopic (exact) mass is 595 g/mol. The van der Waals surface area contributed by atoms with Gasteiger partial charge in [0.2, 0.25) is 10.0 Å². The lowest BCUT2D eigenvalue weighted by molar-refractivity contribution is -0.137. The summed E-state index contributed by atoms with van der Waals surface area (Å²) in [4.78, 5) is 7.10. The highest BCUT2D eigenvalue weighted by molar-refractivity contribution is 7.90. The van der Waals surface area contributed by atoms with Crippen LogP contribution in [0.4, 0.5) is 18.9 Å². The Labute approximate surface area is 235 Å². The van der Waals surface area contributed by atoms with E-state index in [2.05, 4.69) is 9.88 Å². The second kappa shape index (κ2) is 9.30. The van der Waals surface area contributed by atoms with Crippen LogP contribution < -0.4 is 9.64 Å². The summed E-state index contributed by atoms with van der Waals surface area (Å²) in [5.74, 6) is 0.139. The van der Waals surface area contributed by atoms with Gasteiger partial charge in [0.1, 0.15) is 12.4 Å². The number of aliphatic hydroxyl groups is 1. The summed E-state index contributed by atoms with van der Waals surface area (Å²) in [5.41, 5.74) is 0.796. The fourth-order valence-corrected chi connectivity index (χ4v) is 9.11. The van der Waals surface area contributed by atoms with E-state index in [9.17, 15) is 26.7 Å². The lowest BCUT2D eigenvalue weighted by Crippen LogP contribution is -2.56. The normalized spacial score (nSPS) is 21.5. The largest absolute Gasteiger partial charge is 0.490 e. The number of benzene rings is 1.